The number of aromatic carboxylic acids is 1. The molecule has 21 heavy (non-hydrogen) atoms. The second kappa shape index (κ2) is 6.26. The number of amides is 1. The van der Waals surface area contributed by atoms with Gasteiger partial charge >= 0.3 is 5.97 Å². The average molecular weight is 347 g/mol. The lowest BCUT2D eigenvalue weighted by atomic mass is 10.1. The molecule has 1 heterocycles. The fourth-order valence-electron chi connectivity index (χ4n) is 1.52. The van der Waals surface area contributed by atoms with Crippen LogP contribution in [0.25, 0.3) is 0 Å². The van der Waals surface area contributed by atoms with Gasteiger partial charge in [0.2, 0.25) is 0 Å². The number of hydrogen-bond donors (Lipinski definition) is 2. The summed E-state index contributed by atoms with van der Waals surface area (Å²) in [5, 5.41) is 18.3. The number of carboxylic acids is 1. The molecule has 0 saturated carbocycles. The number of nitrogens with zero attached hydrogens (tertiary/aromatic N) is 2. The molecule has 2 aromatic rings. The number of para-hydroxylation sites is 1. The first-order chi connectivity index (χ1) is 9.90. The number of nitrogens with one attached hydrogen (secondary N) is 1. The molecule has 0 aliphatic rings. The van der Waals surface area contributed by atoms with Crippen molar-refractivity contribution in [3.8, 4) is 0 Å². The third kappa shape index (κ3) is 3.41. The van der Waals surface area contributed by atoms with Crippen LogP contribution in [0.1, 0.15) is 20.7 Å². The maximum atomic E-state index is 12.1. The summed E-state index contributed by atoms with van der Waals surface area (Å²) in [6, 6.07) is 5.43. The van der Waals surface area contributed by atoms with Crippen molar-refractivity contribution in [1.29, 1.82) is 0 Å². The predicted octanol–water partition coefficient (Wildman–Crippen LogP) is 3.39. The zero-order valence-electron chi connectivity index (χ0n) is 10.1. The van der Waals surface area contributed by atoms with E-state index in [1.54, 1.807) is 0 Å². The highest BCUT2D eigenvalue weighted by atomic mass is 35.5. The summed E-state index contributed by atoms with van der Waals surface area (Å²) in [5.74, 6) is -1.93. The number of hydrogen-bond acceptors (Lipinski definition) is 4. The molecule has 9 heteroatoms. The SMILES string of the molecule is O=C(Nc1c(Cl)cccc1C(=O)O)c1cc(Cl)nnc1Cl. The van der Waals surface area contributed by atoms with E-state index < -0.39 is 11.9 Å². The second-order valence-corrected chi connectivity index (χ2v) is 4.95. The highest BCUT2D eigenvalue weighted by Crippen LogP contribution is 2.27. The van der Waals surface area contributed by atoms with Crippen LogP contribution in [-0.4, -0.2) is 27.2 Å². The van der Waals surface area contributed by atoms with Gasteiger partial charge in [0.15, 0.2) is 10.3 Å². The lowest BCUT2D eigenvalue weighted by Crippen LogP contribution is -2.16. The van der Waals surface area contributed by atoms with Crippen LogP contribution < -0.4 is 5.32 Å². The van der Waals surface area contributed by atoms with Gasteiger partial charge in [-0.05, 0) is 18.2 Å². The molecule has 0 aliphatic carbocycles. The molecule has 0 aliphatic heterocycles. The van der Waals surface area contributed by atoms with Crippen LogP contribution >= 0.6 is 34.8 Å². The Morgan fingerprint density at radius 2 is 1.81 bits per heavy atom. The van der Waals surface area contributed by atoms with Crippen molar-refractivity contribution in [2.24, 2.45) is 0 Å². The smallest absolute Gasteiger partial charge is 0.337 e. The standard InChI is InChI=1S/C12H6Cl3N3O3/c13-7-3-1-2-5(12(20)21)9(7)16-11(19)6-4-8(14)17-18-10(6)15/h1-4H,(H,16,19)(H,20,21). The Hall–Kier alpha value is -1.89. The molecule has 108 valence electrons. The third-order valence-corrected chi connectivity index (χ3v) is 3.23. The minimum absolute atomic E-state index is 0.0258. The number of anilines is 1. The van der Waals surface area contributed by atoms with Crippen molar-refractivity contribution in [1.82, 2.24) is 10.2 Å². The number of carbonyl (C=O) groups is 2. The Balaban J connectivity index is 2.41. The topological polar surface area (TPSA) is 92.2 Å². The van der Waals surface area contributed by atoms with Crippen molar-refractivity contribution in [2.75, 3.05) is 5.32 Å². The lowest BCUT2D eigenvalue weighted by molar-refractivity contribution is 0.0698. The van der Waals surface area contributed by atoms with Crippen molar-refractivity contribution in [3.05, 3.63) is 50.7 Å². The molecule has 0 spiro atoms. The molecule has 0 saturated heterocycles. The Morgan fingerprint density at radius 1 is 1.10 bits per heavy atom. The summed E-state index contributed by atoms with van der Waals surface area (Å²) in [6.07, 6.45) is 0. The minimum Gasteiger partial charge on any atom is -0.478 e. The van der Waals surface area contributed by atoms with Gasteiger partial charge in [0.25, 0.3) is 5.91 Å². The highest BCUT2D eigenvalue weighted by Gasteiger charge is 2.19. The van der Waals surface area contributed by atoms with Gasteiger partial charge < -0.3 is 10.4 Å². The summed E-state index contributed by atoms with van der Waals surface area (Å²) < 4.78 is 0. The van der Waals surface area contributed by atoms with Crippen LogP contribution in [0.15, 0.2) is 24.3 Å². The first-order valence-electron chi connectivity index (χ1n) is 5.42. The fraction of sp³-hybridized carbons (Fsp3) is 0. The van der Waals surface area contributed by atoms with Gasteiger partial charge in [0.05, 0.1) is 21.8 Å². The van der Waals surface area contributed by atoms with Gasteiger partial charge in [-0.2, -0.15) is 0 Å². The van der Waals surface area contributed by atoms with E-state index in [4.69, 9.17) is 39.9 Å². The van der Waals surface area contributed by atoms with E-state index in [1.807, 2.05) is 0 Å². The van der Waals surface area contributed by atoms with E-state index in [2.05, 4.69) is 15.5 Å². The molecule has 1 amide bonds. The van der Waals surface area contributed by atoms with Crippen molar-refractivity contribution in [2.45, 2.75) is 0 Å². The summed E-state index contributed by atoms with van der Waals surface area (Å²) in [6.45, 7) is 0. The van der Waals surface area contributed by atoms with E-state index in [-0.39, 0.29) is 32.1 Å². The van der Waals surface area contributed by atoms with E-state index in [9.17, 15) is 9.59 Å². The first-order valence-corrected chi connectivity index (χ1v) is 6.55. The van der Waals surface area contributed by atoms with Crippen LogP contribution in [0.4, 0.5) is 5.69 Å². The molecule has 2 N–H and O–H groups in total. The van der Waals surface area contributed by atoms with Gasteiger partial charge in [-0.15, -0.1) is 10.2 Å². The minimum atomic E-state index is -1.23. The molecule has 0 atom stereocenters. The third-order valence-electron chi connectivity index (χ3n) is 2.45. The molecule has 1 aromatic carbocycles. The number of carbonyl (C=O) groups excluding carboxylic acids is 1. The molecule has 2 rings (SSSR count). The molecule has 6 nitrogen and oxygen atoms in total. The number of carboxylic acid groups (broad SMARTS) is 1. The summed E-state index contributed by atoms with van der Waals surface area (Å²) in [7, 11) is 0. The number of rotatable bonds is 3. The van der Waals surface area contributed by atoms with Crippen molar-refractivity contribution >= 4 is 52.4 Å². The van der Waals surface area contributed by atoms with Crippen LogP contribution in [-0.2, 0) is 0 Å². The highest BCUT2D eigenvalue weighted by molar-refractivity contribution is 6.36. The number of aromatic nitrogens is 2. The average Bonchev–Trinajstić information content (AvgIpc) is 2.43. The fourth-order valence-corrected chi connectivity index (χ4v) is 2.07. The van der Waals surface area contributed by atoms with Gasteiger partial charge in [-0.3, -0.25) is 4.79 Å². The predicted molar refractivity (Wildman–Crippen MR) is 78.4 cm³/mol. The molecular weight excluding hydrogens is 341 g/mol. The van der Waals surface area contributed by atoms with Gasteiger partial charge in [-0.1, -0.05) is 40.9 Å². The van der Waals surface area contributed by atoms with E-state index in [0.717, 1.165) is 0 Å². The van der Waals surface area contributed by atoms with Gasteiger partial charge in [-0.25, -0.2) is 4.79 Å². The molecule has 0 unspecified atom stereocenters. The van der Waals surface area contributed by atoms with E-state index in [1.165, 1.54) is 24.3 Å². The second-order valence-electron chi connectivity index (χ2n) is 3.79. The van der Waals surface area contributed by atoms with Crippen LogP contribution in [0.3, 0.4) is 0 Å². The Kier molecular flexibility index (Phi) is 4.62. The lowest BCUT2D eigenvalue weighted by Gasteiger charge is -2.10. The molecule has 0 radical (unpaired) electrons. The normalized spacial score (nSPS) is 10.2. The van der Waals surface area contributed by atoms with E-state index in [0.29, 0.717) is 0 Å². The Labute approximate surface area is 133 Å². The van der Waals surface area contributed by atoms with Crippen molar-refractivity contribution < 1.29 is 14.7 Å². The number of halogens is 3. The van der Waals surface area contributed by atoms with Crippen LogP contribution in [0.5, 0.6) is 0 Å². The maximum Gasteiger partial charge on any atom is 0.337 e. The zero-order valence-corrected chi connectivity index (χ0v) is 12.4. The number of benzene rings is 1. The van der Waals surface area contributed by atoms with Gasteiger partial charge in [0.1, 0.15) is 0 Å². The molecule has 1 aromatic heterocycles. The molecule has 0 fully saturated rings. The summed E-state index contributed by atoms with van der Waals surface area (Å²) in [5.41, 5.74) is -0.242. The van der Waals surface area contributed by atoms with Crippen LogP contribution in [0.2, 0.25) is 15.3 Å². The Bertz CT molecular complexity index is 737. The molecule has 0 bridgehead atoms. The van der Waals surface area contributed by atoms with Gasteiger partial charge in [0, 0.05) is 0 Å². The quantitative estimate of drug-likeness (QED) is 0.888. The van der Waals surface area contributed by atoms with E-state index >= 15 is 0 Å². The largest absolute Gasteiger partial charge is 0.478 e. The Morgan fingerprint density at radius 3 is 2.48 bits per heavy atom. The first kappa shape index (κ1) is 15.5. The summed E-state index contributed by atoms with van der Waals surface area (Å²) >= 11 is 17.3. The zero-order chi connectivity index (χ0) is 15.6. The van der Waals surface area contributed by atoms with Crippen LogP contribution in [0, 0.1) is 0 Å². The molecular formula is C12H6Cl3N3O3. The van der Waals surface area contributed by atoms with Crippen molar-refractivity contribution in [3.63, 3.8) is 0 Å². The summed E-state index contributed by atoms with van der Waals surface area (Å²) in [4.78, 5) is 23.3. The maximum absolute atomic E-state index is 12.1. The monoisotopic (exact) mass is 345 g/mol.